The van der Waals surface area contributed by atoms with Crippen molar-refractivity contribution in [2.75, 3.05) is 0 Å². The van der Waals surface area contributed by atoms with Crippen molar-refractivity contribution in [3.8, 4) is 0 Å². The molecule has 0 bridgehead atoms. The monoisotopic (exact) mass is 135 g/mol. The van der Waals surface area contributed by atoms with Crippen molar-refractivity contribution in [3.05, 3.63) is 35.1 Å². The number of nitrogens with one attached hydrogen (secondary N) is 1. The Hall–Kier alpha value is -1.58. The third-order valence-electron chi connectivity index (χ3n) is 1.33. The zero-order valence-electron chi connectivity index (χ0n) is 5.11. The largest absolute Gasteiger partial charge is 0.345 e. The molecule has 2 heterocycles. The highest BCUT2D eigenvalue weighted by Crippen LogP contribution is 1.89. The average Bonchev–Trinajstić information content (AvgIpc) is 2.36. The zero-order valence-corrected chi connectivity index (χ0v) is 5.11. The topological polar surface area (TPSA) is 50.2 Å². The maximum atomic E-state index is 10.9. The van der Waals surface area contributed by atoms with Crippen LogP contribution in [0.5, 0.6) is 0 Å². The van der Waals surface area contributed by atoms with E-state index in [1.165, 1.54) is 10.6 Å². The lowest BCUT2D eigenvalue weighted by Gasteiger charge is -1.86. The molecule has 0 spiro atoms. The maximum absolute atomic E-state index is 10.9. The van der Waals surface area contributed by atoms with Crippen molar-refractivity contribution in [2.24, 2.45) is 0 Å². The molecule has 50 valence electrons. The van der Waals surface area contributed by atoms with Crippen LogP contribution in [-0.2, 0) is 0 Å². The number of hydrogen-bond acceptors (Lipinski definition) is 2. The van der Waals surface area contributed by atoms with Gasteiger partial charge in [-0.05, 0) is 0 Å². The van der Waals surface area contributed by atoms with Gasteiger partial charge in [0, 0.05) is 12.4 Å². The average molecular weight is 135 g/mol. The fourth-order valence-electron chi connectivity index (χ4n) is 0.873. The second-order valence-corrected chi connectivity index (χ2v) is 1.96. The first-order chi connectivity index (χ1) is 4.88. The molecule has 0 fully saturated rings. The van der Waals surface area contributed by atoms with E-state index < -0.39 is 0 Å². The predicted molar refractivity (Wildman–Crippen MR) is 35.8 cm³/mol. The van der Waals surface area contributed by atoms with Gasteiger partial charge >= 0.3 is 0 Å². The molecule has 0 radical (unpaired) electrons. The van der Waals surface area contributed by atoms with Gasteiger partial charge < -0.3 is 4.98 Å². The number of aromatic nitrogens is 3. The number of H-pyrrole nitrogens is 1. The molecule has 0 atom stereocenters. The molecule has 0 unspecified atom stereocenters. The first kappa shape index (κ1) is 5.22. The first-order valence-corrected chi connectivity index (χ1v) is 2.88. The molecule has 0 aliphatic rings. The van der Waals surface area contributed by atoms with Crippen LogP contribution in [-0.4, -0.2) is 14.4 Å². The van der Waals surface area contributed by atoms with Crippen LogP contribution in [0.4, 0.5) is 0 Å². The van der Waals surface area contributed by atoms with E-state index in [9.17, 15) is 4.79 Å². The lowest BCUT2D eigenvalue weighted by atomic mass is 10.7. The SMILES string of the molecule is O=c1cncc2[nH]ccn12. The second kappa shape index (κ2) is 1.70. The number of aromatic amines is 1. The lowest BCUT2D eigenvalue weighted by molar-refractivity contribution is 1.06. The van der Waals surface area contributed by atoms with Gasteiger partial charge in [0.2, 0.25) is 0 Å². The van der Waals surface area contributed by atoms with E-state index in [0.29, 0.717) is 5.65 Å². The third kappa shape index (κ3) is 0.556. The summed E-state index contributed by atoms with van der Waals surface area (Å²) in [5.74, 6) is 0. The van der Waals surface area contributed by atoms with Crippen molar-refractivity contribution in [1.29, 1.82) is 0 Å². The van der Waals surface area contributed by atoms with Crippen molar-refractivity contribution < 1.29 is 0 Å². The van der Waals surface area contributed by atoms with Gasteiger partial charge in [-0.15, -0.1) is 0 Å². The highest BCUT2D eigenvalue weighted by Gasteiger charge is 1.92. The van der Waals surface area contributed by atoms with E-state index in [-0.39, 0.29) is 5.56 Å². The summed E-state index contributed by atoms with van der Waals surface area (Å²) in [5, 5.41) is 0. The summed E-state index contributed by atoms with van der Waals surface area (Å²) >= 11 is 0. The molecule has 0 aliphatic heterocycles. The van der Waals surface area contributed by atoms with Crippen LogP contribution in [0.1, 0.15) is 0 Å². The molecule has 2 rings (SSSR count). The molecule has 0 aromatic carbocycles. The Kier molecular flexibility index (Phi) is 0.887. The minimum absolute atomic E-state index is 0.112. The van der Waals surface area contributed by atoms with E-state index in [0.717, 1.165) is 0 Å². The molecular weight excluding hydrogens is 130 g/mol. The van der Waals surface area contributed by atoms with Crippen LogP contribution in [0.3, 0.4) is 0 Å². The number of nitrogens with zero attached hydrogens (tertiary/aromatic N) is 2. The second-order valence-electron chi connectivity index (χ2n) is 1.96. The van der Waals surface area contributed by atoms with E-state index >= 15 is 0 Å². The zero-order chi connectivity index (χ0) is 6.97. The molecule has 0 saturated heterocycles. The van der Waals surface area contributed by atoms with E-state index in [2.05, 4.69) is 9.97 Å². The van der Waals surface area contributed by atoms with Gasteiger partial charge in [-0.25, -0.2) is 0 Å². The van der Waals surface area contributed by atoms with Gasteiger partial charge in [-0.3, -0.25) is 14.2 Å². The van der Waals surface area contributed by atoms with Crippen LogP contribution < -0.4 is 5.56 Å². The Balaban J connectivity index is 3.09. The van der Waals surface area contributed by atoms with Crippen LogP contribution in [0.25, 0.3) is 5.65 Å². The summed E-state index contributed by atoms with van der Waals surface area (Å²) < 4.78 is 1.49. The fourth-order valence-corrected chi connectivity index (χ4v) is 0.873. The van der Waals surface area contributed by atoms with Gasteiger partial charge in [0.05, 0.1) is 12.4 Å². The summed E-state index contributed by atoms with van der Waals surface area (Å²) in [6.07, 6.45) is 6.24. The Morgan fingerprint density at radius 2 is 2.40 bits per heavy atom. The van der Waals surface area contributed by atoms with Gasteiger partial charge in [-0.2, -0.15) is 0 Å². The Morgan fingerprint density at radius 3 is 3.20 bits per heavy atom. The van der Waals surface area contributed by atoms with Crippen LogP contribution >= 0.6 is 0 Å². The Morgan fingerprint density at radius 1 is 1.50 bits per heavy atom. The minimum Gasteiger partial charge on any atom is -0.345 e. The molecule has 4 heteroatoms. The van der Waals surface area contributed by atoms with Crippen LogP contribution in [0.15, 0.2) is 29.6 Å². The quantitative estimate of drug-likeness (QED) is 0.553. The van der Waals surface area contributed by atoms with Gasteiger partial charge in [-0.1, -0.05) is 0 Å². The summed E-state index contributed by atoms with van der Waals surface area (Å²) in [5.41, 5.74) is 0.603. The van der Waals surface area contributed by atoms with Crippen molar-refractivity contribution >= 4 is 5.65 Å². The molecule has 2 aromatic heterocycles. The summed E-state index contributed by atoms with van der Waals surface area (Å²) in [6, 6.07) is 0. The Bertz CT molecular complexity index is 400. The first-order valence-electron chi connectivity index (χ1n) is 2.88. The van der Waals surface area contributed by atoms with Crippen molar-refractivity contribution in [1.82, 2.24) is 14.4 Å². The van der Waals surface area contributed by atoms with Gasteiger partial charge in [0.25, 0.3) is 5.56 Å². The summed E-state index contributed by atoms with van der Waals surface area (Å²) in [7, 11) is 0. The van der Waals surface area contributed by atoms with Crippen molar-refractivity contribution in [3.63, 3.8) is 0 Å². The third-order valence-corrected chi connectivity index (χ3v) is 1.33. The van der Waals surface area contributed by atoms with E-state index in [1.54, 1.807) is 18.6 Å². The maximum Gasteiger partial charge on any atom is 0.274 e. The predicted octanol–water partition coefficient (Wildman–Crippen LogP) is 0.0226. The molecule has 10 heavy (non-hydrogen) atoms. The normalized spacial score (nSPS) is 10.4. The van der Waals surface area contributed by atoms with E-state index in [1.807, 2.05) is 0 Å². The highest BCUT2D eigenvalue weighted by atomic mass is 16.1. The smallest absolute Gasteiger partial charge is 0.274 e. The number of rotatable bonds is 0. The molecule has 4 nitrogen and oxygen atoms in total. The molecule has 0 saturated carbocycles. The standard InChI is InChI=1S/C6H5N3O/c10-6-4-7-3-5-8-1-2-9(5)6/h1-4,8H. The van der Waals surface area contributed by atoms with Gasteiger partial charge in [0.15, 0.2) is 0 Å². The molecule has 1 N–H and O–H groups in total. The highest BCUT2D eigenvalue weighted by molar-refractivity contribution is 5.33. The molecule has 0 aliphatic carbocycles. The van der Waals surface area contributed by atoms with Crippen LogP contribution in [0, 0.1) is 0 Å². The fraction of sp³-hybridized carbons (Fsp3) is 0. The summed E-state index contributed by atoms with van der Waals surface area (Å²) in [6.45, 7) is 0. The molecular formula is C6H5N3O. The molecule has 0 amide bonds. The molecule has 2 aromatic rings. The number of imidazole rings is 1. The number of fused-ring (bicyclic) bond motifs is 1. The summed E-state index contributed by atoms with van der Waals surface area (Å²) in [4.78, 5) is 17.5. The van der Waals surface area contributed by atoms with Crippen molar-refractivity contribution in [2.45, 2.75) is 0 Å². The number of hydrogen-bond donors (Lipinski definition) is 1. The Labute approximate surface area is 56.2 Å². The van der Waals surface area contributed by atoms with E-state index in [4.69, 9.17) is 0 Å². The lowest BCUT2D eigenvalue weighted by Crippen LogP contribution is -2.09. The van der Waals surface area contributed by atoms with Gasteiger partial charge in [0.1, 0.15) is 5.65 Å². The minimum atomic E-state index is -0.112. The van der Waals surface area contributed by atoms with Crippen LogP contribution in [0.2, 0.25) is 0 Å².